The molecule has 0 N–H and O–H groups in total. The van der Waals surface area contributed by atoms with Gasteiger partial charge in [-0.15, -0.1) is 0 Å². The first-order valence-electron chi connectivity index (χ1n) is 9.20. The average Bonchev–Trinajstić information content (AvgIpc) is 3.14. The predicted molar refractivity (Wildman–Crippen MR) is 110 cm³/mol. The van der Waals surface area contributed by atoms with Crippen LogP contribution in [0.5, 0.6) is 0 Å². The highest BCUT2D eigenvalue weighted by molar-refractivity contribution is 6.31. The zero-order chi connectivity index (χ0) is 20.2. The van der Waals surface area contributed by atoms with Crippen molar-refractivity contribution in [2.24, 2.45) is 13.0 Å². The van der Waals surface area contributed by atoms with Crippen molar-refractivity contribution in [3.05, 3.63) is 67.6 Å². The molecule has 4 rings (SSSR count). The van der Waals surface area contributed by atoms with Crippen molar-refractivity contribution >= 4 is 28.5 Å². The summed E-state index contributed by atoms with van der Waals surface area (Å²) in [5.74, 6) is 1.10. The predicted octanol–water partition coefficient (Wildman–Crippen LogP) is 2.82. The number of aryl methyl sites for hydroxylation is 2. The summed E-state index contributed by atoms with van der Waals surface area (Å²) in [5.41, 5.74) is 1.74. The van der Waals surface area contributed by atoms with Gasteiger partial charge < -0.3 is 4.57 Å². The Morgan fingerprint density at radius 2 is 1.86 bits per heavy atom. The Hall–Kier alpha value is -2.80. The van der Waals surface area contributed by atoms with Gasteiger partial charge in [0.05, 0.1) is 6.54 Å². The number of aromatic nitrogens is 5. The van der Waals surface area contributed by atoms with Crippen LogP contribution >= 0.6 is 11.6 Å². The lowest BCUT2D eigenvalue weighted by molar-refractivity contribution is 0.524. The van der Waals surface area contributed by atoms with Crippen LogP contribution < -0.4 is 11.2 Å². The quantitative estimate of drug-likeness (QED) is 0.530. The number of nitrogens with zero attached hydrogens (tertiary/aromatic N) is 5. The maximum atomic E-state index is 13.3. The highest BCUT2D eigenvalue weighted by Crippen LogP contribution is 2.19. The smallest absolute Gasteiger partial charge is 0.314 e. The van der Waals surface area contributed by atoms with E-state index in [0.717, 1.165) is 17.8 Å². The monoisotopic (exact) mass is 399 g/mol. The molecular weight excluding hydrogens is 378 g/mol. The first-order valence-corrected chi connectivity index (χ1v) is 9.58. The van der Waals surface area contributed by atoms with Crippen LogP contribution in [0.1, 0.15) is 25.1 Å². The topological polar surface area (TPSA) is 66.2 Å². The first-order chi connectivity index (χ1) is 13.3. The molecule has 0 fully saturated rings. The number of hydrogen-bond donors (Lipinski definition) is 0. The molecule has 0 unspecified atom stereocenters. The van der Waals surface area contributed by atoms with Gasteiger partial charge in [-0.05, 0) is 24.5 Å². The van der Waals surface area contributed by atoms with E-state index in [-0.39, 0.29) is 12.1 Å². The molecule has 8 heteroatoms. The van der Waals surface area contributed by atoms with E-state index in [4.69, 9.17) is 11.6 Å². The summed E-state index contributed by atoms with van der Waals surface area (Å²) in [6, 6.07) is 7.21. The third-order valence-corrected chi connectivity index (χ3v) is 5.34. The van der Waals surface area contributed by atoms with Gasteiger partial charge >= 0.3 is 5.69 Å². The summed E-state index contributed by atoms with van der Waals surface area (Å²) in [6.45, 7) is 7.15. The molecule has 28 heavy (non-hydrogen) atoms. The molecule has 0 atom stereocenters. The molecule has 0 saturated carbocycles. The lowest BCUT2D eigenvalue weighted by atomic mass is 10.2. The SMILES string of the molecule is Cc1cn2c3c(=O)n(Cc4ccccc4Cl)c(=O)n(C)c3nc2n1CC(C)C. The zero-order valence-corrected chi connectivity index (χ0v) is 17.1. The van der Waals surface area contributed by atoms with Gasteiger partial charge in [-0.25, -0.2) is 4.79 Å². The molecule has 0 amide bonds. The Morgan fingerprint density at radius 3 is 2.54 bits per heavy atom. The third-order valence-electron chi connectivity index (χ3n) is 4.97. The molecule has 0 radical (unpaired) electrons. The molecule has 3 aromatic heterocycles. The van der Waals surface area contributed by atoms with Crippen LogP contribution in [0.25, 0.3) is 16.9 Å². The van der Waals surface area contributed by atoms with Crippen LogP contribution in [0.15, 0.2) is 40.1 Å². The summed E-state index contributed by atoms with van der Waals surface area (Å²) in [7, 11) is 1.64. The lowest BCUT2D eigenvalue weighted by Gasteiger charge is -2.09. The second kappa shape index (κ2) is 6.67. The maximum absolute atomic E-state index is 13.3. The van der Waals surface area contributed by atoms with Gasteiger partial charge in [0.15, 0.2) is 11.2 Å². The number of imidazole rings is 2. The highest BCUT2D eigenvalue weighted by atomic mass is 35.5. The minimum atomic E-state index is -0.412. The third kappa shape index (κ3) is 2.77. The summed E-state index contributed by atoms with van der Waals surface area (Å²) in [6.07, 6.45) is 1.90. The van der Waals surface area contributed by atoms with E-state index >= 15 is 0 Å². The first kappa shape index (κ1) is 18.6. The molecule has 0 bridgehead atoms. The van der Waals surface area contributed by atoms with Crippen molar-refractivity contribution in [3.8, 4) is 0 Å². The summed E-state index contributed by atoms with van der Waals surface area (Å²) >= 11 is 6.24. The van der Waals surface area contributed by atoms with Crippen LogP contribution in [0, 0.1) is 12.8 Å². The summed E-state index contributed by atoms with van der Waals surface area (Å²) in [5, 5.41) is 0.522. The minimum Gasteiger partial charge on any atom is -0.314 e. The largest absolute Gasteiger partial charge is 0.332 e. The molecule has 0 aliphatic carbocycles. The van der Waals surface area contributed by atoms with Crippen molar-refractivity contribution in [2.75, 3.05) is 0 Å². The average molecular weight is 400 g/mol. The zero-order valence-electron chi connectivity index (χ0n) is 16.3. The van der Waals surface area contributed by atoms with Crippen molar-refractivity contribution in [1.82, 2.24) is 23.1 Å². The number of hydrogen-bond acceptors (Lipinski definition) is 3. The number of halogens is 1. The van der Waals surface area contributed by atoms with E-state index in [0.29, 0.717) is 27.9 Å². The Kier molecular flexibility index (Phi) is 4.42. The van der Waals surface area contributed by atoms with E-state index in [9.17, 15) is 9.59 Å². The van der Waals surface area contributed by atoms with Crippen molar-refractivity contribution in [2.45, 2.75) is 33.9 Å². The van der Waals surface area contributed by atoms with Crippen molar-refractivity contribution in [1.29, 1.82) is 0 Å². The second-order valence-electron chi connectivity index (χ2n) is 7.55. The Balaban J connectivity index is 2.01. The number of fused-ring (bicyclic) bond motifs is 3. The van der Waals surface area contributed by atoms with Crippen LogP contribution in [-0.4, -0.2) is 23.1 Å². The highest BCUT2D eigenvalue weighted by Gasteiger charge is 2.20. The molecule has 3 heterocycles. The fourth-order valence-electron chi connectivity index (χ4n) is 3.58. The maximum Gasteiger partial charge on any atom is 0.332 e. The van der Waals surface area contributed by atoms with E-state index in [2.05, 4.69) is 23.4 Å². The van der Waals surface area contributed by atoms with Crippen LogP contribution in [0.3, 0.4) is 0 Å². The molecular formula is C20H22ClN5O2. The molecule has 0 spiro atoms. The Morgan fingerprint density at radius 1 is 1.14 bits per heavy atom. The van der Waals surface area contributed by atoms with Crippen LogP contribution in [0.4, 0.5) is 0 Å². The van der Waals surface area contributed by atoms with E-state index in [1.165, 1.54) is 9.13 Å². The lowest BCUT2D eigenvalue weighted by Crippen LogP contribution is -2.39. The minimum absolute atomic E-state index is 0.111. The Labute approximate surface area is 166 Å². The number of rotatable bonds is 4. The summed E-state index contributed by atoms with van der Waals surface area (Å²) in [4.78, 5) is 30.8. The van der Waals surface area contributed by atoms with Gasteiger partial charge in [0.25, 0.3) is 5.56 Å². The molecule has 0 saturated heterocycles. The number of benzene rings is 1. The van der Waals surface area contributed by atoms with Crippen LogP contribution in [0.2, 0.25) is 5.02 Å². The van der Waals surface area contributed by atoms with Gasteiger partial charge in [0.2, 0.25) is 5.78 Å². The van der Waals surface area contributed by atoms with E-state index < -0.39 is 5.69 Å². The fraction of sp³-hybridized carbons (Fsp3) is 0.350. The van der Waals surface area contributed by atoms with Gasteiger partial charge in [-0.2, -0.15) is 4.98 Å². The second-order valence-corrected chi connectivity index (χ2v) is 7.96. The van der Waals surface area contributed by atoms with Gasteiger partial charge in [0, 0.05) is 30.5 Å². The fourth-order valence-corrected chi connectivity index (χ4v) is 3.78. The van der Waals surface area contributed by atoms with E-state index in [1.54, 1.807) is 17.5 Å². The van der Waals surface area contributed by atoms with Gasteiger partial charge in [0.1, 0.15) is 0 Å². The molecule has 0 aliphatic heterocycles. The normalized spacial score (nSPS) is 11.9. The molecule has 0 aliphatic rings. The van der Waals surface area contributed by atoms with Crippen LogP contribution in [-0.2, 0) is 20.1 Å². The van der Waals surface area contributed by atoms with Crippen molar-refractivity contribution < 1.29 is 0 Å². The molecule has 1 aromatic carbocycles. The molecule has 7 nitrogen and oxygen atoms in total. The van der Waals surface area contributed by atoms with Crippen molar-refractivity contribution in [3.63, 3.8) is 0 Å². The summed E-state index contributed by atoms with van der Waals surface area (Å²) < 4.78 is 6.51. The standard InChI is InChI=1S/C20H22ClN5O2/c1-12(2)9-24-13(3)10-25-16-17(22-19(24)25)23(4)20(28)26(18(16)27)11-14-7-5-6-8-15(14)21/h5-8,10,12H,9,11H2,1-4H3. The Bertz CT molecular complexity index is 1320. The van der Waals surface area contributed by atoms with E-state index in [1.807, 2.05) is 31.3 Å². The molecule has 146 valence electrons. The van der Waals surface area contributed by atoms with Gasteiger partial charge in [-0.3, -0.25) is 18.3 Å². The molecule has 4 aromatic rings. The van der Waals surface area contributed by atoms with Gasteiger partial charge in [-0.1, -0.05) is 43.6 Å².